The van der Waals surface area contributed by atoms with Crippen molar-refractivity contribution in [3.05, 3.63) is 88.1 Å². The number of fused-ring (bicyclic) bond motifs is 2. The predicted octanol–water partition coefficient (Wildman–Crippen LogP) is 4.38. The van der Waals surface area contributed by atoms with Crippen LogP contribution in [0.2, 0.25) is 0 Å². The minimum atomic E-state index is -0.849. The summed E-state index contributed by atoms with van der Waals surface area (Å²) in [5.41, 5.74) is 1.96. The normalized spacial score (nSPS) is 11.1. The highest BCUT2D eigenvalue weighted by Gasteiger charge is 2.14. The number of carbonyl (C=O) groups excluding carboxylic acids is 1. The van der Waals surface area contributed by atoms with Crippen molar-refractivity contribution in [3.8, 4) is 0 Å². The number of aryl methyl sites for hydroxylation is 1. The number of carbonyl (C=O) groups is 1. The lowest BCUT2D eigenvalue weighted by Gasteiger charge is -2.15. The summed E-state index contributed by atoms with van der Waals surface area (Å²) in [7, 11) is 0. The number of nitrogens with one attached hydrogen (secondary N) is 1. The van der Waals surface area contributed by atoms with Crippen LogP contribution in [0.25, 0.3) is 21.8 Å². The molecule has 1 aromatic heterocycles. The Bertz CT molecular complexity index is 1300. The predicted molar refractivity (Wildman–Crippen MR) is 105 cm³/mol. The van der Waals surface area contributed by atoms with E-state index in [1.54, 1.807) is 41.0 Å². The van der Waals surface area contributed by atoms with Crippen LogP contribution < -0.4 is 10.7 Å². The van der Waals surface area contributed by atoms with E-state index in [0.29, 0.717) is 27.9 Å². The van der Waals surface area contributed by atoms with Gasteiger partial charge in [-0.15, -0.1) is 0 Å². The molecule has 140 valence electrons. The summed E-state index contributed by atoms with van der Waals surface area (Å²) in [4.78, 5) is 25.4. The molecule has 3 aromatic carbocycles. The molecule has 0 saturated heterocycles. The second-order valence-electron chi connectivity index (χ2n) is 6.63. The largest absolute Gasteiger partial charge is 0.331 e. The fourth-order valence-corrected chi connectivity index (χ4v) is 3.34. The minimum absolute atomic E-state index is 0.100. The molecule has 0 atom stereocenters. The van der Waals surface area contributed by atoms with E-state index in [2.05, 4.69) is 5.32 Å². The summed E-state index contributed by atoms with van der Waals surface area (Å²) in [5.74, 6) is -2.05. The Balaban J connectivity index is 1.81. The fraction of sp³-hybridized carbons (Fsp3) is 0.0909. The average molecular weight is 378 g/mol. The lowest BCUT2D eigenvalue weighted by Crippen LogP contribution is -2.22. The van der Waals surface area contributed by atoms with Gasteiger partial charge in [0.05, 0.1) is 16.7 Å². The zero-order valence-electron chi connectivity index (χ0n) is 15.0. The summed E-state index contributed by atoms with van der Waals surface area (Å²) in [6.07, 6.45) is 0. The smallest absolute Gasteiger partial charge is 0.244 e. The molecule has 0 saturated carbocycles. The molecule has 1 heterocycles. The van der Waals surface area contributed by atoms with Crippen molar-refractivity contribution in [2.45, 2.75) is 13.5 Å². The Hall–Kier alpha value is -3.54. The molecule has 4 rings (SSSR count). The SMILES string of the molecule is Cc1ccc2c(c1)c(=O)c1ccccc1n2CC(=O)Nc1ccc(F)cc1F. The molecule has 0 aliphatic rings. The first-order chi connectivity index (χ1) is 13.4. The maximum absolute atomic E-state index is 13.9. The molecule has 4 nitrogen and oxygen atoms in total. The Morgan fingerprint density at radius 1 is 0.964 bits per heavy atom. The van der Waals surface area contributed by atoms with E-state index in [9.17, 15) is 18.4 Å². The van der Waals surface area contributed by atoms with Gasteiger partial charge < -0.3 is 9.88 Å². The molecular formula is C22H16F2N2O2. The van der Waals surface area contributed by atoms with Crippen molar-refractivity contribution in [1.29, 1.82) is 0 Å². The molecule has 0 spiro atoms. The van der Waals surface area contributed by atoms with Gasteiger partial charge in [-0.05, 0) is 43.3 Å². The number of benzene rings is 3. The first-order valence-corrected chi connectivity index (χ1v) is 8.71. The maximum Gasteiger partial charge on any atom is 0.244 e. The lowest BCUT2D eigenvalue weighted by atomic mass is 10.1. The van der Waals surface area contributed by atoms with Crippen LogP contribution in [0, 0.1) is 18.6 Å². The van der Waals surface area contributed by atoms with E-state index in [-0.39, 0.29) is 17.7 Å². The molecule has 0 radical (unpaired) electrons. The molecular weight excluding hydrogens is 362 g/mol. The van der Waals surface area contributed by atoms with Crippen LogP contribution in [0.5, 0.6) is 0 Å². The number of aromatic nitrogens is 1. The summed E-state index contributed by atoms with van der Waals surface area (Å²) < 4.78 is 28.6. The third kappa shape index (κ3) is 3.13. The van der Waals surface area contributed by atoms with E-state index in [1.165, 1.54) is 6.07 Å². The number of rotatable bonds is 3. The van der Waals surface area contributed by atoms with Crippen molar-refractivity contribution >= 4 is 33.4 Å². The van der Waals surface area contributed by atoms with Gasteiger partial charge in [-0.3, -0.25) is 9.59 Å². The van der Waals surface area contributed by atoms with E-state index in [1.807, 2.05) is 13.0 Å². The van der Waals surface area contributed by atoms with Gasteiger partial charge in [-0.25, -0.2) is 8.78 Å². The topological polar surface area (TPSA) is 51.1 Å². The van der Waals surface area contributed by atoms with Crippen LogP contribution in [-0.4, -0.2) is 10.5 Å². The maximum atomic E-state index is 13.9. The molecule has 1 amide bonds. The molecule has 1 N–H and O–H groups in total. The van der Waals surface area contributed by atoms with E-state index >= 15 is 0 Å². The number of nitrogens with zero attached hydrogens (tertiary/aromatic N) is 1. The Morgan fingerprint density at radius 2 is 1.71 bits per heavy atom. The Morgan fingerprint density at radius 3 is 2.50 bits per heavy atom. The van der Waals surface area contributed by atoms with Gasteiger partial charge >= 0.3 is 0 Å². The molecule has 0 fully saturated rings. The number of anilines is 1. The van der Waals surface area contributed by atoms with Crippen LogP contribution in [-0.2, 0) is 11.3 Å². The number of para-hydroxylation sites is 1. The van der Waals surface area contributed by atoms with Crippen LogP contribution in [0.4, 0.5) is 14.5 Å². The molecule has 4 aromatic rings. The van der Waals surface area contributed by atoms with E-state index in [4.69, 9.17) is 0 Å². The van der Waals surface area contributed by atoms with Crippen molar-refractivity contribution in [2.24, 2.45) is 0 Å². The molecule has 28 heavy (non-hydrogen) atoms. The fourth-order valence-electron chi connectivity index (χ4n) is 3.34. The van der Waals surface area contributed by atoms with Gasteiger partial charge in [0.25, 0.3) is 0 Å². The van der Waals surface area contributed by atoms with Crippen LogP contribution >= 0.6 is 0 Å². The number of pyridine rings is 1. The second-order valence-corrected chi connectivity index (χ2v) is 6.63. The summed E-state index contributed by atoms with van der Waals surface area (Å²) in [6.45, 7) is 1.76. The third-order valence-corrected chi connectivity index (χ3v) is 4.63. The molecule has 0 bridgehead atoms. The summed E-state index contributed by atoms with van der Waals surface area (Å²) >= 11 is 0. The number of halogens is 2. The van der Waals surface area contributed by atoms with Crippen LogP contribution in [0.1, 0.15) is 5.56 Å². The van der Waals surface area contributed by atoms with Crippen LogP contribution in [0.3, 0.4) is 0 Å². The molecule has 0 unspecified atom stereocenters. The Labute approximate surface area is 159 Å². The van der Waals surface area contributed by atoms with E-state index in [0.717, 1.165) is 11.6 Å². The van der Waals surface area contributed by atoms with Gasteiger partial charge in [0.1, 0.15) is 18.2 Å². The minimum Gasteiger partial charge on any atom is -0.331 e. The zero-order chi connectivity index (χ0) is 19.8. The molecule has 0 aliphatic heterocycles. The lowest BCUT2D eigenvalue weighted by molar-refractivity contribution is -0.116. The van der Waals surface area contributed by atoms with Gasteiger partial charge in [-0.1, -0.05) is 23.8 Å². The summed E-state index contributed by atoms with van der Waals surface area (Å²) in [6, 6.07) is 15.4. The highest BCUT2D eigenvalue weighted by Crippen LogP contribution is 2.21. The zero-order valence-corrected chi connectivity index (χ0v) is 15.0. The second kappa shape index (κ2) is 6.88. The third-order valence-electron chi connectivity index (χ3n) is 4.63. The van der Waals surface area contributed by atoms with Crippen molar-refractivity contribution in [3.63, 3.8) is 0 Å². The number of hydrogen-bond donors (Lipinski definition) is 1. The molecule has 0 aliphatic carbocycles. The first kappa shape index (κ1) is 17.9. The van der Waals surface area contributed by atoms with Gasteiger partial charge in [-0.2, -0.15) is 0 Å². The molecule has 6 heteroatoms. The summed E-state index contributed by atoms with van der Waals surface area (Å²) in [5, 5.41) is 3.48. The highest BCUT2D eigenvalue weighted by molar-refractivity contribution is 5.97. The van der Waals surface area contributed by atoms with Crippen molar-refractivity contribution in [1.82, 2.24) is 4.57 Å². The van der Waals surface area contributed by atoms with Crippen molar-refractivity contribution < 1.29 is 13.6 Å². The van der Waals surface area contributed by atoms with Gasteiger partial charge in [0.15, 0.2) is 5.43 Å². The quantitative estimate of drug-likeness (QED) is 0.538. The highest BCUT2D eigenvalue weighted by atomic mass is 19.1. The Kier molecular flexibility index (Phi) is 4.39. The number of amides is 1. The standard InChI is InChI=1S/C22H16F2N2O2/c1-13-6-9-20-16(10-13)22(28)15-4-2-3-5-19(15)26(20)12-21(27)25-18-8-7-14(23)11-17(18)24/h2-11H,12H2,1H3,(H,25,27). The van der Waals surface area contributed by atoms with Gasteiger partial charge in [0, 0.05) is 16.8 Å². The first-order valence-electron chi connectivity index (χ1n) is 8.71. The van der Waals surface area contributed by atoms with Gasteiger partial charge in [0.2, 0.25) is 5.91 Å². The van der Waals surface area contributed by atoms with Crippen LogP contribution in [0.15, 0.2) is 65.5 Å². The number of hydrogen-bond acceptors (Lipinski definition) is 2. The average Bonchev–Trinajstić information content (AvgIpc) is 2.67. The monoisotopic (exact) mass is 378 g/mol. The van der Waals surface area contributed by atoms with Crippen molar-refractivity contribution in [2.75, 3.05) is 5.32 Å². The van der Waals surface area contributed by atoms with E-state index < -0.39 is 17.5 Å².